The number of halogens is 1. The first-order chi connectivity index (χ1) is 14.1. The second kappa shape index (κ2) is 7.22. The van der Waals surface area contributed by atoms with Gasteiger partial charge in [-0.15, -0.1) is 5.10 Å². The molecule has 1 N–H and O–H groups in total. The summed E-state index contributed by atoms with van der Waals surface area (Å²) in [4.78, 5) is 12.4. The van der Waals surface area contributed by atoms with Crippen LogP contribution in [0.4, 0.5) is 4.39 Å². The smallest absolute Gasteiger partial charge is 0.251 e. The first kappa shape index (κ1) is 18.2. The first-order valence-electron chi connectivity index (χ1n) is 10.1. The highest BCUT2D eigenvalue weighted by molar-refractivity contribution is 5.96. The van der Waals surface area contributed by atoms with Crippen molar-refractivity contribution in [3.8, 4) is 11.1 Å². The molecule has 2 aromatic carbocycles. The summed E-state index contributed by atoms with van der Waals surface area (Å²) in [6.07, 6.45) is 3.82. The van der Waals surface area contributed by atoms with Crippen molar-refractivity contribution in [2.75, 3.05) is 13.2 Å². The molecule has 7 heteroatoms. The fourth-order valence-corrected chi connectivity index (χ4v) is 3.91. The zero-order valence-corrected chi connectivity index (χ0v) is 16.3. The lowest BCUT2D eigenvalue weighted by molar-refractivity contribution is 0.0669. The molecule has 0 unspecified atom stereocenters. The molecule has 2 fully saturated rings. The number of amides is 1. The minimum atomic E-state index is -0.380. The lowest BCUT2D eigenvalue weighted by Crippen LogP contribution is -2.25. The number of carbonyl (C=O) groups excluding carboxylic acids is 1. The lowest BCUT2D eigenvalue weighted by atomic mass is 9.96. The summed E-state index contributed by atoms with van der Waals surface area (Å²) in [6.45, 7) is 3.20. The van der Waals surface area contributed by atoms with Crippen LogP contribution in [-0.4, -0.2) is 40.2 Å². The lowest BCUT2D eigenvalue weighted by Gasteiger charge is -2.22. The number of hydrogen-bond donors (Lipinski definition) is 1. The van der Waals surface area contributed by atoms with Gasteiger partial charge in [0.05, 0.1) is 11.6 Å². The largest absolute Gasteiger partial charge is 0.381 e. The molecule has 0 spiro atoms. The van der Waals surface area contributed by atoms with Crippen LogP contribution in [0.25, 0.3) is 22.2 Å². The Kier molecular flexibility index (Phi) is 4.54. The van der Waals surface area contributed by atoms with Crippen molar-refractivity contribution in [1.82, 2.24) is 20.3 Å². The molecule has 1 amide bonds. The molecule has 2 heterocycles. The number of aromatic nitrogens is 3. The van der Waals surface area contributed by atoms with Crippen molar-refractivity contribution in [3.05, 3.63) is 47.3 Å². The van der Waals surface area contributed by atoms with Gasteiger partial charge in [0.2, 0.25) is 0 Å². The molecule has 1 aromatic heterocycles. The monoisotopic (exact) mass is 394 g/mol. The highest BCUT2D eigenvalue weighted by atomic mass is 19.1. The number of nitrogens with one attached hydrogen (secondary N) is 1. The zero-order chi connectivity index (χ0) is 20.0. The normalized spacial score (nSPS) is 17.6. The molecule has 1 aliphatic heterocycles. The topological polar surface area (TPSA) is 69.0 Å². The van der Waals surface area contributed by atoms with Crippen molar-refractivity contribution >= 4 is 16.9 Å². The second-order valence-corrected chi connectivity index (χ2v) is 7.96. The van der Waals surface area contributed by atoms with E-state index >= 15 is 0 Å². The van der Waals surface area contributed by atoms with Gasteiger partial charge in [0.15, 0.2) is 0 Å². The van der Waals surface area contributed by atoms with Crippen molar-refractivity contribution < 1.29 is 13.9 Å². The standard InChI is InChI=1S/C22H23FN4O2/c1-13-18(10-15(11-19(13)23)22(28)24-16-3-4-16)14-2-5-21-20(12-14)25-26-27(21)17-6-8-29-9-7-17/h2,5,10-12,16-17H,3-4,6-9H2,1H3,(H,24,28). The summed E-state index contributed by atoms with van der Waals surface area (Å²) >= 11 is 0. The number of fused-ring (bicyclic) bond motifs is 1. The van der Waals surface area contributed by atoms with Crippen LogP contribution in [-0.2, 0) is 4.74 Å². The third-order valence-corrected chi connectivity index (χ3v) is 5.84. The Morgan fingerprint density at radius 3 is 2.72 bits per heavy atom. The molecule has 0 atom stereocenters. The Morgan fingerprint density at radius 1 is 1.17 bits per heavy atom. The van der Waals surface area contributed by atoms with Gasteiger partial charge in [-0.1, -0.05) is 11.3 Å². The Balaban J connectivity index is 1.51. The van der Waals surface area contributed by atoms with E-state index in [0.29, 0.717) is 16.7 Å². The van der Waals surface area contributed by atoms with Gasteiger partial charge in [-0.2, -0.15) is 0 Å². The summed E-state index contributed by atoms with van der Waals surface area (Å²) in [6, 6.07) is 9.44. The quantitative estimate of drug-likeness (QED) is 0.731. The van der Waals surface area contributed by atoms with Crippen LogP contribution >= 0.6 is 0 Å². The number of hydrogen-bond acceptors (Lipinski definition) is 4. The van der Waals surface area contributed by atoms with Crippen LogP contribution in [0.5, 0.6) is 0 Å². The molecular weight excluding hydrogens is 371 g/mol. The van der Waals surface area contributed by atoms with Gasteiger partial charge in [-0.3, -0.25) is 4.79 Å². The van der Waals surface area contributed by atoms with E-state index in [1.165, 1.54) is 6.07 Å². The Hall–Kier alpha value is -2.80. The van der Waals surface area contributed by atoms with Crippen LogP contribution in [0, 0.1) is 12.7 Å². The van der Waals surface area contributed by atoms with Gasteiger partial charge in [-0.25, -0.2) is 9.07 Å². The third-order valence-electron chi connectivity index (χ3n) is 5.84. The summed E-state index contributed by atoms with van der Waals surface area (Å²) in [7, 11) is 0. The Bertz CT molecular complexity index is 1080. The molecule has 6 nitrogen and oxygen atoms in total. The average Bonchev–Trinajstić information content (AvgIpc) is 3.45. The number of rotatable bonds is 4. The Morgan fingerprint density at radius 2 is 1.97 bits per heavy atom. The van der Waals surface area contributed by atoms with E-state index in [0.717, 1.165) is 55.5 Å². The first-order valence-corrected chi connectivity index (χ1v) is 10.1. The predicted octanol–water partition coefficient (Wildman–Crippen LogP) is 3.79. The number of carbonyl (C=O) groups is 1. The Labute approximate surface area is 168 Å². The minimum Gasteiger partial charge on any atom is -0.381 e. The van der Waals surface area contributed by atoms with Crippen molar-refractivity contribution in [2.24, 2.45) is 0 Å². The van der Waals surface area contributed by atoms with Crippen LogP contribution in [0.2, 0.25) is 0 Å². The molecule has 5 rings (SSSR count). The van der Waals surface area contributed by atoms with Gasteiger partial charge < -0.3 is 10.1 Å². The zero-order valence-electron chi connectivity index (χ0n) is 16.3. The van der Waals surface area contributed by atoms with Gasteiger partial charge >= 0.3 is 0 Å². The summed E-state index contributed by atoms with van der Waals surface area (Å²) in [5.74, 6) is -0.603. The molecule has 29 heavy (non-hydrogen) atoms. The SMILES string of the molecule is Cc1c(F)cc(C(=O)NC2CC2)cc1-c1ccc2c(c1)nnn2C1CCOCC1. The highest BCUT2D eigenvalue weighted by Crippen LogP contribution is 2.31. The number of ether oxygens (including phenoxy) is 1. The van der Waals surface area contributed by atoms with Crippen molar-refractivity contribution in [3.63, 3.8) is 0 Å². The van der Waals surface area contributed by atoms with Crippen LogP contribution in [0.1, 0.15) is 47.6 Å². The fraction of sp³-hybridized carbons (Fsp3) is 0.409. The van der Waals surface area contributed by atoms with Crippen LogP contribution in [0.15, 0.2) is 30.3 Å². The van der Waals surface area contributed by atoms with E-state index in [9.17, 15) is 9.18 Å². The van der Waals surface area contributed by atoms with E-state index in [-0.39, 0.29) is 23.8 Å². The van der Waals surface area contributed by atoms with E-state index in [2.05, 4.69) is 15.6 Å². The summed E-state index contributed by atoms with van der Waals surface area (Å²) < 4.78 is 22.0. The van der Waals surface area contributed by atoms with Gasteiger partial charge in [0.25, 0.3) is 5.91 Å². The van der Waals surface area contributed by atoms with Gasteiger partial charge in [0.1, 0.15) is 11.3 Å². The number of nitrogens with zero attached hydrogens (tertiary/aromatic N) is 3. The molecule has 3 aromatic rings. The van der Waals surface area contributed by atoms with E-state index in [4.69, 9.17) is 4.74 Å². The fourth-order valence-electron chi connectivity index (χ4n) is 3.91. The maximum Gasteiger partial charge on any atom is 0.251 e. The summed E-state index contributed by atoms with van der Waals surface area (Å²) in [5.41, 5.74) is 4.12. The molecule has 1 aliphatic carbocycles. The maximum atomic E-state index is 14.6. The van der Waals surface area contributed by atoms with Gasteiger partial charge in [0, 0.05) is 24.8 Å². The number of benzene rings is 2. The molecule has 2 aliphatic rings. The molecular formula is C22H23FN4O2. The van der Waals surface area contributed by atoms with Crippen molar-refractivity contribution in [2.45, 2.75) is 44.7 Å². The molecule has 0 radical (unpaired) electrons. The second-order valence-electron chi connectivity index (χ2n) is 7.96. The van der Waals surface area contributed by atoms with Crippen LogP contribution < -0.4 is 5.32 Å². The van der Waals surface area contributed by atoms with Crippen LogP contribution in [0.3, 0.4) is 0 Å². The molecule has 0 bridgehead atoms. The van der Waals surface area contributed by atoms with E-state index in [1.54, 1.807) is 13.0 Å². The third kappa shape index (κ3) is 3.51. The highest BCUT2D eigenvalue weighted by Gasteiger charge is 2.25. The molecule has 150 valence electrons. The average molecular weight is 394 g/mol. The summed E-state index contributed by atoms with van der Waals surface area (Å²) in [5, 5.41) is 11.6. The molecule has 1 saturated carbocycles. The van der Waals surface area contributed by atoms with Crippen molar-refractivity contribution in [1.29, 1.82) is 0 Å². The van der Waals surface area contributed by atoms with E-state index in [1.807, 2.05) is 22.9 Å². The van der Waals surface area contributed by atoms with Gasteiger partial charge in [-0.05, 0) is 73.6 Å². The minimum absolute atomic E-state index is 0.223. The predicted molar refractivity (Wildman–Crippen MR) is 107 cm³/mol. The van der Waals surface area contributed by atoms with E-state index < -0.39 is 0 Å². The maximum absolute atomic E-state index is 14.6. The molecule has 1 saturated heterocycles.